The lowest BCUT2D eigenvalue weighted by Crippen LogP contribution is -2.66. The van der Waals surface area contributed by atoms with Crippen molar-refractivity contribution in [3.05, 3.63) is 0 Å². The van der Waals surface area contributed by atoms with Crippen LogP contribution >= 0.6 is 0 Å². The topological polar surface area (TPSA) is 55.4 Å². The van der Waals surface area contributed by atoms with Crippen molar-refractivity contribution in [1.29, 1.82) is 0 Å². The molecule has 1 rings (SSSR count). The summed E-state index contributed by atoms with van der Waals surface area (Å²) >= 11 is 0. The van der Waals surface area contributed by atoms with Crippen molar-refractivity contribution in [2.75, 3.05) is 0 Å². The number of carbonyl (C=O) groups excluding carboxylic acids is 2. The zero-order valence-corrected chi connectivity index (χ0v) is 13.5. The quantitative estimate of drug-likeness (QED) is 0.629. The zero-order valence-electron chi connectivity index (χ0n) is 12.5. The highest BCUT2D eigenvalue weighted by Gasteiger charge is 2.48. The summed E-state index contributed by atoms with van der Waals surface area (Å²) in [6.07, 6.45) is -0.200. The highest BCUT2D eigenvalue weighted by atomic mass is 28.4. The Morgan fingerprint density at radius 2 is 1.89 bits per heavy atom. The van der Waals surface area contributed by atoms with Gasteiger partial charge in [0.1, 0.15) is 6.04 Å². The van der Waals surface area contributed by atoms with Crippen LogP contribution in [0.1, 0.15) is 34.6 Å². The monoisotopic (exact) mass is 271 g/mol. The fourth-order valence-electron chi connectivity index (χ4n) is 1.95. The fourth-order valence-corrected chi connectivity index (χ4v) is 3.38. The van der Waals surface area contributed by atoms with E-state index in [2.05, 4.69) is 39.2 Å². The molecule has 1 aliphatic heterocycles. The van der Waals surface area contributed by atoms with Gasteiger partial charge >= 0.3 is 0 Å². The fraction of sp³-hybridized carbons (Fsp3) is 0.846. The Labute approximate surface area is 111 Å². The zero-order chi connectivity index (χ0) is 14.3. The number of β-lactam (4-membered cyclic amide) rings is 1. The summed E-state index contributed by atoms with van der Waals surface area (Å²) in [6.45, 7) is 14.2. The lowest BCUT2D eigenvalue weighted by atomic mass is 9.84. The average Bonchev–Trinajstić information content (AvgIpc) is 2.10. The second-order valence-electron chi connectivity index (χ2n) is 6.71. The van der Waals surface area contributed by atoms with Crippen molar-refractivity contribution in [2.24, 2.45) is 5.92 Å². The Morgan fingerprint density at radius 1 is 1.39 bits per heavy atom. The molecule has 1 fully saturated rings. The van der Waals surface area contributed by atoms with Crippen molar-refractivity contribution in [2.45, 2.75) is 64.9 Å². The predicted octanol–water partition coefficient (Wildman–Crippen LogP) is 2.10. The van der Waals surface area contributed by atoms with E-state index in [0.29, 0.717) is 0 Å². The minimum absolute atomic E-state index is 0.00489. The Hall–Kier alpha value is -0.683. The van der Waals surface area contributed by atoms with Crippen LogP contribution in [-0.4, -0.2) is 32.2 Å². The summed E-state index contributed by atoms with van der Waals surface area (Å²) in [5.41, 5.74) is 0. The van der Waals surface area contributed by atoms with Gasteiger partial charge < -0.3 is 9.74 Å². The van der Waals surface area contributed by atoms with Gasteiger partial charge in [-0.2, -0.15) is 0 Å². The summed E-state index contributed by atoms with van der Waals surface area (Å²) in [5.74, 6) is -0.386. The summed E-state index contributed by atoms with van der Waals surface area (Å²) in [7, 11) is -1.90. The molecule has 104 valence electrons. The second kappa shape index (κ2) is 4.77. The van der Waals surface area contributed by atoms with Crippen molar-refractivity contribution in [1.82, 2.24) is 5.32 Å². The number of ketones is 1. The van der Waals surface area contributed by atoms with Gasteiger partial charge in [-0.1, -0.05) is 20.8 Å². The molecule has 18 heavy (non-hydrogen) atoms. The van der Waals surface area contributed by atoms with E-state index >= 15 is 0 Å². The van der Waals surface area contributed by atoms with Gasteiger partial charge in [-0.15, -0.1) is 0 Å². The Balaban J connectivity index is 2.74. The molecule has 1 amide bonds. The van der Waals surface area contributed by atoms with Crippen LogP contribution < -0.4 is 5.32 Å². The number of hydrogen-bond acceptors (Lipinski definition) is 3. The molecule has 1 saturated heterocycles. The lowest BCUT2D eigenvalue weighted by Gasteiger charge is -2.44. The van der Waals surface area contributed by atoms with Crippen LogP contribution in [0.2, 0.25) is 18.1 Å². The normalized spacial score (nSPS) is 26.3. The van der Waals surface area contributed by atoms with Crippen molar-refractivity contribution >= 4 is 20.0 Å². The van der Waals surface area contributed by atoms with Crippen LogP contribution in [0.3, 0.4) is 0 Å². The molecule has 0 spiro atoms. The minimum Gasteiger partial charge on any atom is -0.413 e. The summed E-state index contributed by atoms with van der Waals surface area (Å²) in [5, 5.41) is 2.75. The van der Waals surface area contributed by atoms with Gasteiger partial charge in [0.05, 0.1) is 12.0 Å². The maximum absolute atomic E-state index is 11.6. The van der Waals surface area contributed by atoms with E-state index in [1.54, 1.807) is 0 Å². The van der Waals surface area contributed by atoms with Gasteiger partial charge in [0, 0.05) is 0 Å². The van der Waals surface area contributed by atoms with Gasteiger partial charge in [-0.25, -0.2) is 0 Å². The van der Waals surface area contributed by atoms with Crippen LogP contribution in [0.25, 0.3) is 0 Å². The van der Waals surface area contributed by atoms with E-state index in [-0.39, 0.29) is 34.8 Å². The second-order valence-corrected chi connectivity index (χ2v) is 11.5. The number of hydrogen-bond donors (Lipinski definition) is 1. The third-order valence-corrected chi connectivity index (χ3v) is 8.76. The number of Topliss-reactive ketones (excluding diaryl/α,β-unsaturated/α-hetero) is 1. The lowest BCUT2D eigenvalue weighted by molar-refractivity contribution is -0.146. The van der Waals surface area contributed by atoms with Gasteiger partial charge in [0.2, 0.25) is 5.91 Å². The molecular weight excluding hydrogens is 246 g/mol. The number of amides is 1. The first-order chi connectivity index (χ1) is 7.97. The molecule has 0 aromatic heterocycles. The molecule has 4 nitrogen and oxygen atoms in total. The van der Waals surface area contributed by atoms with Crippen LogP contribution in [0, 0.1) is 5.92 Å². The van der Waals surface area contributed by atoms with Crippen LogP contribution in [0.15, 0.2) is 0 Å². The van der Waals surface area contributed by atoms with Crippen molar-refractivity contribution in [3.63, 3.8) is 0 Å². The standard InChI is InChI=1S/C13H25NO3Si/c1-8(15)11-10(12(16)14-11)9(2)17-18(6,7)13(3,4)5/h9-11H,1-7H3,(H,14,16)/t9-,10+,11-/m1/s1. The molecule has 0 unspecified atom stereocenters. The smallest absolute Gasteiger partial charge is 0.228 e. The van der Waals surface area contributed by atoms with E-state index in [0.717, 1.165) is 0 Å². The predicted molar refractivity (Wildman–Crippen MR) is 73.8 cm³/mol. The largest absolute Gasteiger partial charge is 0.413 e. The number of rotatable bonds is 4. The van der Waals surface area contributed by atoms with E-state index in [4.69, 9.17) is 4.43 Å². The molecular formula is C13H25NO3Si. The molecule has 0 aliphatic carbocycles. The third kappa shape index (κ3) is 2.83. The summed E-state index contributed by atoms with van der Waals surface area (Å²) < 4.78 is 6.18. The Kier molecular flexibility index (Phi) is 4.08. The molecule has 3 atom stereocenters. The first-order valence-electron chi connectivity index (χ1n) is 6.46. The molecule has 1 aliphatic rings. The van der Waals surface area contributed by atoms with E-state index in [1.807, 2.05) is 6.92 Å². The van der Waals surface area contributed by atoms with Crippen LogP contribution in [0.5, 0.6) is 0 Å². The molecule has 0 aromatic rings. The maximum Gasteiger partial charge on any atom is 0.228 e. The number of carbonyl (C=O) groups is 2. The molecule has 5 heteroatoms. The summed E-state index contributed by atoms with van der Waals surface area (Å²) in [6, 6.07) is -0.364. The van der Waals surface area contributed by atoms with E-state index in [1.165, 1.54) is 6.92 Å². The SMILES string of the molecule is CC(=O)[C@H]1NC(=O)[C@H]1[C@@H](C)O[Si](C)(C)C(C)(C)C. The molecule has 0 saturated carbocycles. The van der Waals surface area contributed by atoms with E-state index in [9.17, 15) is 9.59 Å². The highest BCUT2D eigenvalue weighted by molar-refractivity contribution is 6.74. The molecule has 1 N–H and O–H groups in total. The first kappa shape index (κ1) is 15.4. The van der Waals surface area contributed by atoms with Gasteiger partial charge in [-0.05, 0) is 32.0 Å². The average molecular weight is 271 g/mol. The minimum atomic E-state index is -1.90. The third-order valence-electron chi connectivity index (χ3n) is 4.19. The van der Waals surface area contributed by atoms with Crippen LogP contribution in [0.4, 0.5) is 0 Å². The van der Waals surface area contributed by atoms with Crippen LogP contribution in [-0.2, 0) is 14.0 Å². The maximum atomic E-state index is 11.6. The van der Waals surface area contributed by atoms with Gasteiger partial charge in [0.15, 0.2) is 14.1 Å². The Bertz CT molecular complexity index is 360. The first-order valence-corrected chi connectivity index (χ1v) is 9.37. The number of nitrogens with one attached hydrogen (secondary N) is 1. The van der Waals surface area contributed by atoms with E-state index < -0.39 is 8.32 Å². The Morgan fingerprint density at radius 3 is 2.22 bits per heavy atom. The van der Waals surface area contributed by atoms with Gasteiger partial charge in [-0.3, -0.25) is 9.59 Å². The molecule has 0 radical (unpaired) electrons. The highest BCUT2D eigenvalue weighted by Crippen LogP contribution is 2.38. The molecule has 0 bridgehead atoms. The molecule has 1 heterocycles. The van der Waals surface area contributed by atoms with Gasteiger partial charge in [0.25, 0.3) is 0 Å². The van der Waals surface area contributed by atoms with Crippen molar-refractivity contribution < 1.29 is 14.0 Å². The van der Waals surface area contributed by atoms with Crippen molar-refractivity contribution in [3.8, 4) is 0 Å². The summed E-state index contributed by atoms with van der Waals surface area (Å²) in [4.78, 5) is 23.0. The molecule has 0 aromatic carbocycles.